The summed E-state index contributed by atoms with van der Waals surface area (Å²) in [6, 6.07) is 4.48. The minimum atomic E-state index is -4.46. The van der Waals surface area contributed by atoms with Crippen LogP contribution < -0.4 is 5.69 Å². The number of rotatable bonds is 1. The van der Waals surface area contributed by atoms with Crippen LogP contribution >= 0.6 is 11.6 Å². The van der Waals surface area contributed by atoms with Gasteiger partial charge in [-0.3, -0.25) is 4.57 Å². The van der Waals surface area contributed by atoms with Crippen molar-refractivity contribution in [1.29, 1.82) is 0 Å². The molecule has 0 aliphatic rings. The van der Waals surface area contributed by atoms with Gasteiger partial charge in [0, 0.05) is 0 Å². The molecular formula is C9H6ClF3N2O. The highest BCUT2D eigenvalue weighted by molar-refractivity contribution is 6.34. The smallest absolute Gasteiger partial charge is 0.305 e. The molecule has 3 nitrogen and oxygen atoms in total. The summed E-state index contributed by atoms with van der Waals surface area (Å²) in [5.41, 5.74) is -0.450. The second-order valence-electron chi connectivity index (χ2n) is 3.27. The monoisotopic (exact) mass is 250 g/mol. The second-order valence-corrected chi connectivity index (χ2v) is 3.67. The molecule has 1 aromatic carbocycles. The fourth-order valence-corrected chi connectivity index (χ4v) is 1.78. The zero-order chi connectivity index (χ0) is 11.9. The molecule has 0 bridgehead atoms. The quantitative estimate of drug-likeness (QED) is 0.830. The number of imidazole rings is 1. The summed E-state index contributed by atoms with van der Waals surface area (Å²) in [6.45, 7) is -1.35. The van der Waals surface area contributed by atoms with Gasteiger partial charge >= 0.3 is 11.9 Å². The highest BCUT2D eigenvalue weighted by Crippen LogP contribution is 2.24. The predicted molar refractivity (Wildman–Crippen MR) is 53.6 cm³/mol. The van der Waals surface area contributed by atoms with Gasteiger partial charge in [-0.2, -0.15) is 13.2 Å². The Labute approximate surface area is 92.4 Å². The van der Waals surface area contributed by atoms with Gasteiger partial charge in [0.1, 0.15) is 6.54 Å². The van der Waals surface area contributed by atoms with Crippen LogP contribution in [0.2, 0.25) is 5.02 Å². The first-order valence-electron chi connectivity index (χ1n) is 4.32. The highest BCUT2D eigenvalue weighted by atomic mass is 35.5. The van der Waals surface area contributed by atoms with Crippen LogP contribution in [0.25, 0.3) is 11.0 Å². The fraction of sp³-hybridized carbons (Fsp3) is 0.222. The molecule has 1 aromatic heterocycles. The summed E-state index contributed by atoms with van der Waals surface area (Å²) in [5, 5.41) is 0.111. The molecule has 2 aromatic rings. The van der Waals surface area contributed by atoms with E-state index >= 15 is 0 Å². The van der Waals surface area contributed by atoms with E-state index in [1.54, 1.807) is 6.07 Å². The van der Waals surface area contributed by atoms with Crippen LogP contribution in [0.5, 0.6) is 0 Å². The SMILES string of the molecule is O=c1[nH]c2cccc(Cl)c2n1CC(F)(F)F. The third-order valence-electron chi connectivity index (χ3n) is 2.08. The van der Waals surface area contributed by atoms with E-state index in [1.165, 1.54) is 12.1 Å². The van der Waals surface area contributed by atoms with E-state index in [-0.39, 0.29) is 10.5 Å². The number of H-pyrrole nitrogens is 1. The largest absolute Gasteiger partial charge is 0.406 e. The standard InChI is InChI=1S/C9H6ClF3N2O/c10-5-2-1-3-6-7(5)15(8(16)14-6)4-9(11,12)13/h1-3H,4H2,(H,14,16). The van der Waals surface area contributed by atoms with Gasteiger partial charge in [0.2, 0.25) is 0 Å². The molecule has 0 aliphatic carbocycles. The minimum absolute atomic E-state index is 0.0755. The number of aromatic nitrogens is 2. The van der Waals surface area contributed by atoms with Crippen molar-refractivity contribution >= 4 is 22.6 Å². The molecule has 2 rings (SSSR count). The average molecular weight is 251 g/mol. The van der Waals surface area contributed by atoms with Crippen LogP contribution in [0.4, 0.5) is 13.2 Å². The van der Waals surface area contributed by atoms with Gasteiger partial charge in [0.15, 0.2) is 0 Å². The Morgan fingerprint density at radius 2 is 2.06 bits per heavy atom. The number of para-hydroxylation sites is 1. The number of benzene rings is 1. The summed E-state index contributed by atoms with van der Waals surface area (Å²) in [4.78, 5) is 13.6. The van der Waals surface area contributed by atoms with Crippen molar-refractivity contribution in [2.45, 2.75) is 12.7 Å². The molecule has 0 unspecified atom stereocenters. The molecule has 0 radical (unpaired) electrons. The minimum Gasteiger partial charge on any atom is -0.305 e. The Morgan fingerprint density at radius 1 is 1.38 bits per heavy atom. The summed E-state index contributed by atoms with van der Waals surface area (Å²) >= 11 is 5.76. The van der Waals surface area contributed by atoms with E-state index in [4.69, 9.17) is 11.6 Å². The lowest BCUT2D eigenvalue weighted by Crippen LogP contribution is -2.26. The second kappa shape index (κ2) is 3.55. The molecule has 0 atom stereocenters. The van der Waals surface area contributed by atoms with Crippen molar-refractivity contribution < 1.29 is 13.2 Å². The van der Waals surface area contributed by atoms with Crippen molar-refractivity contribution in [3.05, 3.63) is 33.7 Å². The van der Waals surface area contributed by atoms with Gasteiger partial charge in [0.25, 0.3) is 0 Å². The normalized spacial score (nSPS) is 12.2. The number of hydrogen-bond donors (Lipinski definition) is 1. The number of hydrogen-bond acceptors (Lipinski definition) is 1. The maximum absolute atomic E-state index is 12.2. The van der Waals surface area contributed by atoms with Gasteiger partial charge in [-0.1, -0.05) is 17.7 Å². The third kappa shape index (κ3) is 1.92. The van der Waals surface area contributed by atoms with E-state index in [0.29, 0.717) is 10.1 Å². The summed E-state index contributed by atoms with van der Waals surface area (Å²) in [5.74, 6) is 0. The lowest BCUT2D eigenvalue weighted by Gasteiger charge is -2.07. The molecule has 0 saturated carbocycles. The van der Waals surface area contributed by atoms with Crippen LogP contribution in [0.3, 0.4) is 0 Å². The molecule has 0 amide bonds. The van der Waals surface area contributed by atoms with Crippen molar-refractivity contribution in [3.63, 3.8) is 0 Å². The number of halogens is 4. The molecule has 86 valence electrons. The van der Waals surface area contributed by atoms with Crippen LogP contribution in [-0.4, -0.2) is 15.7 Å². The molecule has 0 fully saturated rings. The topological polar surface area (TPSA) is 37.8 Å². The lowest BCUT2D eigenvalue weighted by molar-refractivity contribution is -0.140. The first-order valence-corrected chi connectivity index (χ1v) is 4.70. The van der Waals surface area contributed by atoms with Crippen molar-refractivity contribution in [2.75, 3.05) is 0 Å². The van der Waals surface area contributed by atoms with E-state index in [0.717, 1.165) is 0 Å². The van der Waals surface area contributed by atoms with E-state index in [2.05, 4.69) is 4.98 Å². The molecule has 1 heterocycles. The average Bonchev–Trinajstić information content (AvgIpc) is 2.42. The molecule has 0 saturated heterocycles. The van der Waals surface area contributed by atoms with Gasteiger partial charge in [-0.05, 0) is 12.1 Å². The van der Waals surface area contributed by atoms with Crippen molar-refractivity contribution in [3.8, 4) is 0 Å². The number of aromatic amines is 1. The molecule has 0 spiro atoms. The van der Waals surface area contributed by atoms with E-state index < -0.39 is 18.4 Å². The molecule has 0 aliphatic heterocycles. The van der Waals surface area contributed by atoms with E-state index in [1.807, 2.05) is 0 Å². The molecular weight excluding hydrogens is 245 g/mol. The highest BCUT2D eigenvalue weighted by Gasteiger charge is 2.30. The Morgan fingerprint density at radius 3 is 2.69 bits per heavy atom. The van der Waals surface area contributed by atoms with Gasteiger partial charge in [-0.15, -0.1) is 0 Å². The zero-order valence-corrected chi connectivity index (χ0v) is 8.56. The maximum Gasteiger partial charge on any atom is 0.406 e. The number of nitrogens with zero attached hydrogens (tertiary/aromatic N) is 1. The van der Waals surface area contributed by atoms with Gasteiger partial charge < -0.3 is 4.98 Å². The van der Waals surface area contributed by atoms with Crippen molar-refractivity contribution in [1.82, 2.24) is 9.55 Å². The van der Waals surface area contributed by atoms with Crippen LogP contribution in [-0.2, 0) is 6.54 Å². The number of fused-ring (bicyclic) bond motifs is 1. The van der Waals surface area contributed by atoms with Gasteiger partial charge in [0.05, 0.1) is 16.1 Å². The van der Waals surface area contributed by atoms with Crippen LogP contribution in [0.15, 0.2) is 23.0 Å². The Bertz CT molecular complexity index is 584. The Kier molecular flexibility index (Phi) is 2.46. The lowest BCUT2D eigenvalue weighted by atomic mass is 10.3. The summed E-state index contributed by atoms with van der Waals surface area (Å²) in [7, 11) is 0. The maximum atomic E-state index is 12.2. The first kappa shape index (κ1) is 11.1. The molecule has 1 N–H and O–H groups in total. The summed E-state index contributed by atoms with van der Waals surface area (Å²) < 4.78 is 37.3. The van der Waals surface area contributed by atoms with Gasteiger partial charge in [-0.25, -0.2) is 4.79 Å². The fourth-order valence-electron chi connectivity index (χ4n) is 1.50. The van der Waals surface area contributed by atoms with Crippen LogP contribution in [0.1, 0.15) is 0 Å². The summed E-state index contributed by atoms with van der Waals surface area (Å²) in [6.07, 6.45) is -4.46. The number of alkyl halides is 3. The first-order chi connectivity index (χ1) is 7.38. The Balaban J connectivity index is 2.69. The molecule has 16 heavy (non-hydrogen) atoms. The number of nitrogens with one attached hydrogen (secondary N) is 1. The predicted octanol–water partition coefficient (Wildman–Crippen LogP) is 2.55. The molecule has 7 heteroatoms. The Hall–Kier alpha value is -1.43. The van der Waals surface area contributed by atoms with E-state index in [9.17, 15) is 18.0 Å². The van der Waals surface area contributed by atoms with Crippen LogP contribution in [0, 0.1) is 0 Å². The zero-order valence-electron chi connectivity index (χ0n) is 7.81. The third-order valence-corrected chi connectivity index (χ3v) is 2.39. The van der Waals surface area contributed by atoms with Crippen molar-refractivity contribution in [2.24, 2.45) is 0 Å².